The first kappa shape index (κ1) is 13.0. The molecule has 2 heterocycles. The van der Waals surface area contributed by atoms with Crippen molar-refractivity contribution >= 4 is 17.5 Å². The Hall–Kier alpha value is -1.97. The second kappa shape index (κ2) is 4.85. The summed E-state index contributed by atoms with van der Waals surface area (Å²) in [4.78, 5) is 38.5. The molecule has 2 aliphatic heterocycles. The van der Waals surface area contributed by atoms with E-state index < -0.39 is 5.92 Å². The van der Waals surface area contributed by atoms with Gasteiger partial charge in [0.2, 0.25) is 0 Å². The summed E-state index contributed by atoms with van der Waals surface area (Å²) in [6.07, 6.45) is 1.76. The van der Waals surface area contributed by atoms with E-state index in [2.05, 4.69) is 0 Å². The smallest absolute Gasteiger partial charge is 0.254 e. The number of benzene rings is 1. The summed E-state index contributed by atoms with van der Waals surface area (Å²) in [5.74, 6) is -0.531. The molecule has 2 unspecified atom stereocenters. The number of carbonyl (C=O) groups is 3. The van der Waals surface area contributed by atoms with Gasteiger partial charge in [-0.05, 0) is 31.4 Å². The lowest BCUT2D eigenvalue weighted by Crippen LogP contribution is -2.39. The summed E-state index contributed by atoms with van der Waals surface area (Å²) in [5, 5.41) is 0. The van der Waals surface area contributed by atoms with Crippen LogP contribution in [0, 0.1) is 0 Å². The normalized spacial score (nSPS) is 25.1. The summed E-state index contributed by atoms with van der Waals surface area (Å²) >= 11 is 0. The molecule has 1 amide bonds. The molecule has 4 nitrogen and oxygen atoms in total. The molecule has 3 rings (SSSR count). The van der Waals surface area contributed by atoms with E-state index in [1.807, 2.05) is 12.1 Å². The van der Waals surface area contributed by atoms with Crippen molar-refractivity contribution in [1.29, 1.82) is 0 Å². The molecule has 4 heteroatoms. The molecule has 0 N–H and O–H groups in total. The monoisotopic (exact) mass is 271 g/mol. The standard InChI is InChI=1S/C16H17NO3/c1-10(18)9-13-11-5-2-3-6-12(11)16(20)17-8-4-7-14(17)15(13)19/h2-3,5-6,13-14H,4,7-9H2,1H3. The summed E-state index contributed by atoms with van der Waals surface area (Å²) in [5.41, 5.74) is 1.30. The zero-order chi connectivity index (χ0) is 14.3. The molecule has 0 saturated carbocycles. The van der Waals surface area contributed by atoms with Gasteiger partial charge in [0.15, 0.2) is 5.78 Å². The van der Waals surface area contributed by atoms with Gasteiger partial charge in [-0.15, -0.1) is 0 Å². The lowest BCUT2D eigenvalue weighted by molar-refractivity contribution is -0.127. The van der Waals surface area contributed by atoms with Crippen molar-refractivity contribution < 1.29 is 14.4 Å². The van der Waals surface area contributed by atoms with Gasteiger partial charge in [-0.25, -0.2) is 0 Å². The number of carbonyl (C=O) groups excluding carboxylic acids is 3. The Bertz CT molecular complexity index is 593. The van der Waals surface area contributed by atoms with E-state index in [0.29, 0.717) is 24.1 Å². The lowest BCUT2D eigenvalue weighted by atomic mass is 9.85. The van der Waals surface area contributed by atoms with Gasteiger partial charge in [-0.2, -0.15) is 0 Å². The fourth-order valence-corrected chi connectivity index (χ4v) is 3.34. The van der Waals surface area contributed by atoms with Crippen molar-refractivity contribution in [2.75, 3.05) is 6.54 Å². The minimum atomic E-state index is -0.472. The molecule has 2 atom stereocenters. The fourth-order valence-electron chi connectivity index (χ4n) is 3.34. The maximum Gasteiger partial charge on any atom is 0.254 e. The molecule has 0 bridgehead atoms. The van der Waals surface area contributed by atoms with Crippen LogP contribution < -0.4 is 0 Å². The zero-order valence-corrected chi connectivity index (χ0v) is 11.5. The highest BCUT2D eigenvalue weighted by Crippen LogP contribution is 2.35. The molecule has 20 heavy (non-hydrogen) atoms. The predicted octanol–water partition coefficient (Wildman–Crippen LogP) is 1.94. The Morgan fingerprint density at radius 2 is 2.05 bits per heavy atom. The molecule has 104 valence electrons. The molecular weight excluding hydrogens is 254 g/mol. The Labute approximate surface area is 117 Å². The maximum atomic E-state index is 12.7. The summed E-state index contributed by atoms with van der Waals surface area (Å²) in [7, 11) is 0. The van der Waals surface area contributed by atoms with Crippen molar-refractivity contribution in [1.82, 2.24) is 4.90 Å². The van der Waals surface area contributed by atoms with Crippen molar-refractivity contribution in [2.45, 2.75) is 38.1 Å². The largest absolute Gasteiger partial charge is 0.329 e. The molecule has 0 spiro atoms. The third-order valence-electron chi connectivity index (χ3n) is 4.24. The van der Waals surface area contributed by atoms with Gasteiger partial charge in [0.1, 0.15) is 5.78 Å². The van der Waals surface area contributed by atoms with Crippen molar-refractivity contribution in [3.63, 3.8) is 0 Å². The summed E-state index contributed by atoms with van der Waals surface area (Å²) < 4.78 is 0. The maximum absolute atomic E-state index is 12.7. The van der Waals surface area contributed by atoms with E-state index >= 15 is 0 Å². The fraction of sp³-hybridized carbons (Fsp3) is 0.438. The van der Waals surface area contributed by atoms with Crippen molar-refractivity contribution in [3.05, 3.63) is 35.4 Å². The van der Waals surface area contributed by atoms with Crippen LogP contribution in [0.15, 0.2) is 24.3 Å². The molecular formula is C16H17NO3. The number of hydrogen-bond acceptors (Lipinski definition) is 3. The first-order chi connectivity index (χ1) is 9.59. The van der Waals surface area contributed by atoms with Gasteiger partial charge in [-0.1, -0.05) is 18.2 Å². The van der Waals surface area contributed by atoms with Crippen LogP contribution in [-0.2, 0) is 9.59 Å². The lowest BCUT2D eigenvalue weighted by Gasteiger charge is -2.22. The summed E-state index contributed by atoms with van der Waals surface area (Å²) in [6.45, 7) is 2.13. The molecule has 1 fully saturated rings. The quantitative estimate of drug-likeness (QED) is 0.826. The third-order valence-corrected chi connectivity index (χ3v) is 4.24. The number of fused-ring (bicyclic) bond motifs is 2. The van der Waals surface area contributed by atoms with Crippen molar-refractivity contribution in [3.8, 4) is 0 Å². The van der Waals surface area contributed by atoms with E-state index in [9.17, 15) is 14.4 Å². The third kappa shape index (κ3) is 1.96. The molecule has 1 aromatic carbocycles. The SMILES string of the molecule is CC(=O)CC1C(=O)C2CCCN2C(=O)c2ccccc21. The van der Waals surface area contributed by atoms with E-state index in [0.717, 1.165) is 6.42 Å². The second-order valence-electron chi connectivity index (χ2n) is 5.60. The number of nitrogens with zero attached hydrogens (tertiary/aromatic N) is 1. The van der Waals surface area contributed by atoms with Crippen LogP contribution in [-0.4, -0.2) is 35.0 Å². The van der Waals surface area contributed by atoms with Crippen LogP contribution in [0.3, 0.4) is 0 Å². The first-order valence-corrected chi connectivity index (χ1v) is 7.02. The van der Waals surface area contributed by atoms with Gasteiger partial charge in [0.05, 0.1) is 12.0 Å². The van der Waals surface area contributed by atoms with Crippen LogP contribution >= 0.6 is 0 Å². The topological polar surface area (TPSA) is 54.5 Å². The first-order valence-electron chi connectivity index (χ1n) is 7.02. The molecule has 2 aliphatic rings. The molecule has 1 saturated heterocycles. The number of rotatable bonds is 2. The van der Waals surface area contributed by atoms with Gasteiger partial charge >= 0.3 is 0 Å². The number of hydrogen-bond donors (Lipinski definition) is 0. The van der Waals surface area contributed by atoms with Gasteiger partial charge < -0.3 is 4.90 Å². The average Bonchev–Trinajstić information content (AvgIpc) is 2.89. The van der Waals surface area contributed by atoms with Crippen molar-refractivity contribution in [2.24, 2.45) is 0 Å². The Kier molecular flexibility index (Phi) is 3.16. The van der Waals surface area contributed by atoms with E-state index in [1.54, 1.807) is 17.0 Å². The van der Waals surface area contributed by atoms with E-state index in [-0.39, 0.29) is 29.9 Å². The van der Waals surface area contributed by atoms with Crippen LogP contribution in [0.25, 0.3) is 0 Å². The van der Waals surface area contributed by atoms with Crippen LogP contribution in [0.1, 0.15) is 48.0 Å². The zero-order valence-electron chi connectivity index (χ0n) is 11.5. The van der Waals surface area contributed by atoms with Crippen LogP contribution in [0.5, 0.6) is 0 Å². The Balaban J connectivity index is 2.13. The van der Waals surface area contributed by atoms with Crippen LogP contribution in [0.2, 0.25) is 0 Å². The van der Waals surface area contributed by atoms with Gasteiger partial charge in [0.25, 0.3) is 5.91 Å². The highest BCUT2D eigenvalue weighted by molar-refractivity contribution is 6.06. The molecule has 1 aromatic rings. The minimum Gasteiger partial charge on any atom is -0.329 e. The van der Waals surface area contributed by atoms with Crippen LogP contribution in [0.4, 0.5) is 0 Å². The highest BCUT2D eigenvalue weighted by Gasteiger charge is 2.42. The van der Waals surface area contributed by atoms with E-state index in [1.165, 1.54) is 6.92 Å². The summed E-state index contributed by atoms with van der Waals surface area (Å²) in [6, 6.07) is 6.85. The average molecular weight is 271 g/mol. The Morgan fingerprint density at radius 1 is 1.30 bits per heavy atom. The second-order valence-corrected chi connectivity index (χ2v) is 5.60. The number of ketones is 2. The highest BCUT2D eigenvalue weighted by atomic mass is 16.2. The van der Waals surface area contributed by atoms with Gasteiger partial charge in [-0.3, -0.25) is 14.4 Å². The van der Waals surface area contributed by atoms with E-state index in [4.69, 9.17) is 0 Å². The Morgan fingerprint density at radius 3 is 2.80 bits per heavy atom. The molecule has 0 aromatic heterocycles. The number of amides is 1. The predicted molar refractivity (Wildman–Crippen MR) is 73.5 cm³/mol. The van der Waals surface area contributed by atoms with Gasteiger partial charge in [0, 0.05) is 18.5 Å². The molecule has 0 aliphatic carbocycles. The molecule has 0 radical (unpaired) electrons. The minimum absolute atomic E-state index is 0.0166. The number of Topliss-reactive ketones (excluding diaryl/α,β-unsaturated/α-hetero) is 2.